The van der Waals surface area contributed by atoms with Crippen LogP contribution in [0.3, 0.4) is 0 Å². The molecule has 0 bridgehead atoms. The number of nitrogens with zero attached hydrogens (tertiary/aromatic N) is 4. The largest absolute Gasteiger partial charge is 0.461 e. The van der Waals surface area contributed by atoms with Gasteiger partial charge >= 0.3 is 5.97 Å². The fraction of sp³-hybridized carbons (Fsp3) is 0.238. The number of aromatic nitrogens is 4. The van der Waals surface area contributed by atoms with Gasteiger partial charge in [0.1, 0.15) is 4.83 Å². The van der Waals surface area contributed by atoms with Crippen LogP contribution in [0.15, 0.2) is 40.8 Å². The van der Waals surface area contributed by atoms with Gasteiger partial charge in [-0.3, -0.25) is 14.2 Å². The van der Waals surface area contributed by atoms with E-state index in [-0.39, 0.29) is 41.7 Å². The summed E-state index contributed by atoms with van der Waals surface area (Å²) < 4.78 is 10.0. The number of aryl methyl sites for hydroxylation is 2. The molecule has 9 nitrogen and oxygen atoms in total. The van der Waals surface area contributed by atoms with E-state index < -0.39 is 5.97 Å². The number of hydrogen-bond acceptors (Lipinski definition) is 9. The van der Waals surface area contributed by atoms with E-state index in [4.69, 9.17) is 4.74 Å². The Morgan fingerprint density at radius 2 is 2.00 bits per heavy atom. The maximum Gasteiger partial charge on any atom is 0.362 e. The van der Waals surface area contributed by atoms with Gasteiger partial charge in [-0.1, -0.05) is 34.3 Å². The van der Waals surface area contributed by atoms with Crippen LogP contribution in [-0.4, -0.2) is 37.6 Å². The van der Waals surface area contributed by atoms with Crippen molar-refractivity contribution in [1.29, 1.82) is 0 Å². The normalized spacial score (nSPS) is 10.9. The number of amides is 1. The smallest absolute Gasteiger partial charge is 0.362 e. The third kappa shape index (κ3) is 4.43. The Balaban J connectivity index is 1.51. The molecule has 1 amide bonds. The number of hydrogen-bond donors (Lipinski definition) is 1. The van der Waals surface area contributed by atoms with E-state index in [0.29, 0.717) is 10.2 Å². The predicted octanol–water partition coefficient (Wildman–Crippen LogP) is 3.49. The summed E-state index contributed by atoms with van der Waals surface area (Å²) in [5, 5.41) is 9.00. The molecule has 0 aliphatic heterocycles. The van der Waals surface area contributed by atoms with Crippen LogP contribution in [0.5, 0.6) is 0 Å². The molecule has 164 valence electrons. The molecule has 4 rings (SSSR count). The predicted molar refractivity (Wildman–Crippen MR) is 123 cm³/mol. The van der Waals surface area contributed by atoms with E-state index in [1.165, 1.54) is 22.2 Å². The van der Waals surface area contributed by atoms with Crippen LogP contribution in [0.2, 0.25) is 0 Å². The third-order valence-corrected chi connectivity index (χ3v) is 6.24. The Labute approximate surface area is 190 Å². The molecule has 3 aromatic heterocycles. The molecule has 0 fully saturated rings. The molecular formula is C21H19N5O4S2. The Bertz CT molecular complexity index is 1340. The monoisotopic (exact) mass is 469 g/mol. The molecule has 1 aromatic carbocycles. The number of carbonyl (C=O) groups is 2. The van der Waals surface area contributed by atoms with Gasteiger partial charge in [0.2, 0.25) is 11.6 Å². The van der Waals surface area contributed by atoms with Crippen molar-refractivity contribution >= 4 is 50.0 Å². The van der Waals surface area contributed by atoms with Crippen molar-refractivity contribution in [2.24, 2.45) is 0 Å². The minimum atomic E-state index is -0.650. The van der Waals surface area contributed by atoms with Gasteiger partial charge in [0, 0.05) is 35.4 Å². The molecule has 0 aliphatic carbocycles. The first kappa shape index (κ1) is 21.8. The van der Waals surface area contributed by atoms with Crippen molar-refractivity contribution in [2.45, 2.75) is 26.8 Å². The summed E-state index contributed by atoms with van der Waals surface area (Å²) >= 11 is 2.30. The maximum absolute atomic E-state index is 13.1. The van der Waals surface area contributed by atoms with Gasteiger partial charge in [0.05, 0.1) is 18.3 Å². The lowest BCUT2D eigenvalue weighted by atomic mass is 10.1. The Morgan fingerprint density at radius 1 is 1.22 bits per heavy atom. The molecule has 0 unspecified atom stereocenters. The molecule has 0 atom stereocenters. The van der Waals surface area contributed by atoms with Gasteiger partial charge < -0.3 is 10.1 Å². The molecule has 32 heavy (non-hydrogen) atoms. The highest BCUT2D eigenvalue weighted by molar-refractivity contribution is 7.17. The summed E-state index contributed by atoms with van der Waals surface area (Å²) in [5.74, 6) is -1.03. The Hall–Kier alpha value is -3.44. The number of carbonyl (C=O) groups excluding carboxylic acids is 2. The van der Waals surface area contributed by atoms with E-state index in [1.54, 1.807) is 6.92 Å². The summed E-state index contributed by atoms with van der Waals surface area (Å²) in [6.45, 7) is 4.01. The minimum Gasteiger partial charge on any atom is -0.461 e. The van der Waals surface area contributed by atoms with Crippen molar-refractivity contribution in [3.63, 3.8) is 0 Å². The topological polar surface area (TPSA) is 116 Å². The van der Waals surface area contributed by atoms with Gasteiger partial charge in [-0.15, -0.1) is 16.4 Å². The van der Waals surface area contributed by atoms with Gasteiger partial charge in [-0.05, 0) is 19.4 Å². The summed E-state index contributed by atoms with van der Waals surface area (Å²) in [4.78, 5) is 42.4. The van der Waals surface area contributed by atoms with Gasteiger partial charge in [0.15, 0.2) is 5.00 Å². The zero-order valence-electron chi connectivity index (χ0n) is 17.3. The zero-order valence-corrected chi connectivity index (χ0v) is 19.0. The summed E-state index contributed by atoms with van der Waals surface area (Å²) in [6, 6.07) is 7.95. The summed E-state index contributed by atoms with van der Waals surface area (Å²) in [6.07, 6.45) is 1.46. The molecule has 0 spiro atoms. The Kier molecular flexibility index (Phi) is 6.37. The van der Waals surface area contributed by atoms with Crippen LogP contribution in [0.25, 0.3) is 21.3 Å². The molecule has 0 radical (unpaired) electrons. The number of benzene rings is 1. The molecule has 0 aliphatic rings. The lowest BCUT2D eigenvalue weighted by molar-refractivity contribution is -0.116. The number of thiophene rings is 1. The molecule has 4 aromatic rings. The molecule has 1 N–H and O–H groups in total. The number of ether oxygens (including phenoxy) is 1. The van der Waals surface area contributed by atoms with Crippen LogP contribution in [0, 0.1) is 6.92 Å². The van der Waals surface area contributed by atoms with Crippen molar-refractivity contribution in [1.82, 2.24) is 19.1 Å². The van der Waals surface area contributed by atoms with E-state index in [2.05, 4.69) is 19.9 Å². The van der Waals surface area contributed by atoms with Gasteiger partial charge in [0.25, 0.3) is 5.56 Å². The van der Waals surface area contributed by atoms with Crippen molar-refractivity contribution < 1.29 is 14.3 Å². The van der Waals surface area contributed by atoms with Crippen LogP contribution < -0.4 is 10.9 Å². The molecule has 0 saturated carbocycles. The molecule has 3 heterocycles. The van der Waals surface area contributed by atoms with E-state index in [0.717, 1.165) is 28.2 Å². The van der Waals surface area contributed by atoms with Crippen LogP contribution in [0.4, 0.5) is 5.00 Å². The number of rotatable bonds is 7. The SMILES string of the molecule is CCOC(=O)c1nnsc1NC(=O)CCn1cnc2scc(-c3ccc(C)cc3)c2c1=O. The highest BCUT2D eigenvalue weighted by atomic mass is 32.1. The second-order valence-electron chi connectivity index (χ2n) is 6.91. The first-order valence-electron chi connectivity index (χ1n) is 9.81. The number of fused-ring (bicyclic) bond motifs is 1. The Morgan fingerprint density at radius 3 is 2.75 bits per heavy atom. The highest BCUT2D eigenvalue weighted by Crippen LogP contribution is 2.30. The lowest BCUT2D eigenvalue weighted by Gasteiger charge is -2.07. The van der Waals surface area contributed by atoms with E-state index >= 15 is 0 Å². The molecular weight excluding hydrogens is 450 g/mol. The van der Waals surface area contributed by atoms with Gasteiger partial charge in [-0.2, -0.15) is 0 Å². The molecule has 11 heteroatoms. The van der Waals surface area contributed by atoms with E-state index in [1.807, 2.05) is 36.6 Å². The van der Waals surface area contributed by atoms with Crippen LogP contribution >= 0.6 is 22.9 Å². The number of anilines is 1. The lowest BCUT2D eigenvalue weighted by Crippen LogP contribution is -2.23. The zero-order chi connectivity index (χ0) is 22.7. The number of esters is 1. The van der Waals surface area contributed by atoms with Crippen molar-refractivity contribution in [2.75, 3.05) is 11.9 Å². The fourth-order valence-electron chi connectivity index (χ4n) is 3.09. The van der Waals surface area contributed by atoms with Gasteiger partial charge in [-0.25, -0.2) is 9.78 Å². The van der Waals surface area contributed by atoms with Crippen molar-refractivity contribution in [3.05, 3.63) is 57.6 Å². The fourth-order valence-corrected chi connectivity index (χ4v) is 4.57. The highest BCUT2D eigenvalue weighted by Gasteiger charge is 2.20. The van der Waals surface area contributed by atoms with Crippen LogP contribution in [-0.2, 0) is 16.1 Å². The standard InChI is InChI=1S/C21H19N5O4S2/c1-3-30-21(29)17-19(32-25-24-17)23-15(27)8-9-26-11-22-18-16(20(26)28)14(10-31-18)13-6-4-12(2)5-7-13/h4-7,10-11H,3,8-9H2,1-2H3,(H,23,27). The second kappa shape index (κ2) is 9.37. The quantitative estimate of drug-likeness (QED) is 0.412. The van der Waals surface area contributed by atoms with Crippen LogP contribution in [0.1, 0.15) is 29.4 Å². The summed E-state index contributed by atoms with van der Waals surface area (Å²) in [7, 11) is 0. The average Bonchev–Trinajstić information content (AvgIpc) is 3.41. The minimum absolute atomic E-state index is 0.0112. The summed E-state index contributed by atoms with van der Waals surface area (Å²) in [5.41, 5.74) is 2.67. The molecule has 0 saturated heterocycles. The van der Waals surface area contributed by atoms with Crippen molar-refractivity contribution in [3.8, 4) is 11.1 Å². The number of nitrogens with one attached hydrogen (secondary N) is 1. The van der Waals surface area contributed by atoms with E-state index in [9.17, 15) is 14.4 Å². The first-order chi connectivity index (χ1) is 15.5. The maximum atomic E-state index is 13.1. The average molecular weight is 470 g/mol. The first-order valence-corrected chi connectivity index (χ1v) is 11.5. The third-order valence-electron chi connectivity index (χ3n) is 4.71. The second-order valence-corrected chi connectivity index (χ2v) is 8.52.